The standard InChI is InChI=1S/C20H22F2N2O2/c1-12(2)18(24-19(25)15-6-10-17(22)11-7-15)20(26)23-13(3)14-4-8-16(21)9-5-14/h4-13,18H,1-3H3,(H,23,26)(H,24,25)/t13-,18-/m0/s1. The Bertz CT molecular complexity index is 758. The molecule has 26 heavy (non-hydrogen) atoms. The summed E-state index contributed by atoms with van der Waals surface area (Å²) in [4.78, 5) is 24.9. The van der Waals surface area contributed by atoms with E-state index in [1.165, 1.54) is 36.4 Å². The maximum absolute atomic E-state index is 13.0. The van der Waals surface area contributed by atoms with Gasteiger partial charge >= 0.3 is 0 Å². The summed E-state index contributed by atoms with van der Waals surface area (Å²) in [6, 6.07) is 9.86. The van der Waals surface area contributed by atoms with Crippen molar-refractivity contribution < 1.29 is 18.4 Å². The van der Waals surface area contributed by atoms with Gasteiger partial charge in [-0.2, -0.15) is 0 Å². The van der Waals surface area contributed by atoms with Crippen LogP contribution in [0.1, 0.15) is 42.7 Å². The summed E-state index contributed by atoms with van der Waals surface area (Å²) in [7, 11) is 0. The maximum Gasteiger partial charge on any atom is 0.251 e. The van der Waals surface area contributed by atoms with E-state index >= 15 is 0 Å². The van der Waals surface area contributed by atoms with Crippen LogP contribution in [0.5, 0.6) is 0 Å². The van der Waals surface area contributed by atoms with Crippen LogP contribution in [0.25, 0.3) is 0 Å². The Morgan fingerprint density at radius 3 is 1.81 bits per heavy atom. The molecule has 0 unspecified atom stereocenters. The summed E-state index contributed by atoms with van der Waals surface area (Å²) in [5, 5.41) is 5.51. The van der Waals surface area contributed by atoms with Crippen molar-refractivity contribution >= 4 is 11.8 Å². The Morgan fingerprint density at radius 1 is 0.808 bits per heavy atom. The first-order chi connectivity index (χ1) is 12.3. The third-order valence-corrected chi connectivity index (χ3v) is 4.07. The molecular weight excluding hydrogens is 338 g/mol. The van der Waals surface area contributed by atoms with Crippen LogP contribution in [-0.2, 0) is 4.79 Å². The first-order valence-electron chi connectivity index (χ1n) is 8.40. The van der Waals surface area contributed by atoms with Crippen molar-refractivity contribution in [3.05, 3.63) is 71.3 Å². The smallest absolute Gasteiger partial charge is 0.251 e. The zero-order valence-electron chi connectivity index (χ0n) is 14.9. The molecule has 0 fully saturated rings. The van der Waals surface area contributed by atoms with Gasteiger partial charge < -0.3 is 10.6 Å². The van der Waals surface area contributed by atoms with E-state index in [2.05, 4.69) is 10.6 Å². The lowest BCUT2D eigenvalue weighted by molar-refractivity contribution is -0.124. The predicted molar refractivity (Wildman–Crippen MR) is 95.4 cm³/mol. The van der Waals surface area contributed by atoms with Crippen molar-refractivity contribution in [3.63, 3.8) is 0 Å². The number of nitrogens with one attached hydrogen (secondary N) is 2. The summed E-state index contributed by atoms with van der Waals surface area (Å²) in [6.07, 6.45) is 0. The van der Waals surface area contributed by atoms with Crippen molar-refractivity contribution in [2.45, 2.75) is 32.9 Å². The van der Waals surface area contributed by atoms with E-state index in [1.54, 1.807) is 19.1 Å². The topological polar surface area (TPSA) is 58.2 Å². The van der Waals surface area contributed by atoms with Crippen LogP contribution in [0.2, 0.25) is 0 Å². The number of hydrogen-bond donors (Lipinski definition) is 2. The van der Waals surface area contributed by atoms with E-state index in [9.17, 15) is 18.4 Å². The second-order valence-corrected chi connectivity index (χ2v) is 6.48. The number of benzene rings is 2. The Kier molecular flexibility index (Phi) is 6.44. The molecule has 0 aromatic heterocycles. The molecule has 0 aliphatic carbocycles. The minimum Gasteiger partial charge on any atom is -0.348 e. The highest BCUT2D eigenvalue weighted by Crippen LogP contribution is 2.14. The number of carbonyl (C=O) groups excluding carboxylic acids is 2. The van der Waals surface area contributed by atoms with E-state index in [1.807, 2.05) is 13.8 Å². The van der Waals surface area contributed by atoms with Crippen molar-refractivity contribution in [1.29, 1.82) is 0 Å². The highest BCUT2D eigenvalue weighted by Gasteiger charge is 2.26. The highest BCUT2D eigenvalue weighted by molar-refractivity contribution is 5.97. The quantitative estimate of drug-likeness (QED) is 0.827. The van der Waals surface area contributed by atoms with Crippen molar-refractivity contribution in [2.75, 3.05) is 0 Å². The fraction of sp³-hybridized carbons (Fsp3) is 0.300. The van der Waals surface area contributed by atoms with Crippen molar-refractivity contribution in [2.24, 2.45) is 5.92 Å². The summed E-state index contributed by atoms with van der Waals surface area (Å²) in [5.41, 5.74) is 1.03. The number of carbonyl (C=O) groups is 2. The Balaban J connectivity index is 2.05. The van der Waals surface area contributed by atoms with Gasteiger partial charge in [0, 0.05) is 5.56 Å². The van der Waals surface area contributed by atoms with Crippen LogP contribution < -0.4 is 10.6 Å². The van der Waals surface area contributed by atoms with Crippen LogP contribution in [-0.4, -0.2) is 17.9 Å². The molecule has 138 valence electrons. The molecular formula is C20H22F2N2O2. The molecule has 0 aliphatic rings. The van der Waals surface area contributed by atoms with Gasteiger partial charge in [0.2, 0.25) is 5.91 Å². The fourth-order valence-corrected chi connectivity index (χ4v) is 2.50. The van der Waals surface area contributed by atoms with E-state index in [0.717, 1.165) is 5.56 Å². The molecule has 2 rings (SSSR count). The molecule has 2 N–H and O–H groups in total. The molecule has 0 bridgehead atoms. The van der Waals surface area contributed by atoms with Crippen LogP contribution in [0, 0.1) is 17.6 Å². The molecule has 2 amide bonds. The van der Waals surface area contributed by atoms with Crippen LogP contribution >= 0.6 is 0 Å². The minimum atomic E-state index is -0.754. The van der Waals surface area contributed by atoms with Gasteiger partial charge in [-0.25, -0.2) is 8.78 Å². The number of hydrogen-bond acceptors (Lipinski definition) is 2. The third-order valence-electron chi connectivity index (χ3n) is 4.07. The fourth-order valence-electron chi connectivity index (χ4n) is 2.50. The Hall–Kier alpha value is -2.76. The van der Waals surface area contributed by atoms with Gasteiger partial charge in [-0.15, -0.1) is 0 Å². The van der Waals surface area contributed by atoms with Crippen molar-refractivity contribution in [3.8, 4) is 0 Å². The molecule has 4 nitrogen and oxygen atoms in total. The highest BCUT2D eigenvalue weighted by atomic mass is 19.1. The van der Waals surface area contributed by atoms with Gasteiger partial charge in [0.05, 0.1) is 6.04 Å². The van der Waals surface area contributed by atoms with Gasteiger partial charge in [-0.1, -0.05) is 26.0 Å². The molecule has 0 saturated heterocycles. The lowest BCUT2D eigenvalue weighted by Crippen LogP contribution is -2.50. The molecule has 0 heterocycles. The Morgan fingerprint density at radius 2 is 1.31 bits per heavy atom. The molecule has 0 aliphatic heterocycles. The Labute approximate surface area is 151 Å². The number of halogens is 2. The summed E-state index contributed by atoms with van der Waals surface area (Å²) in [5.74, 6) is -1.73. The summed E-state index contributed by atoms with van der Waals surface area (Å²) < 4.78 is 26.0. The average Bonchev–Trinajstić information content (AvgIpc) is 2.60. The number of rotatable bonds is 6. The zero-order chi connectivity index (χ0) is 19.3. The molecule has 2 aromatic rings. The number of amides is 2. The molecule has 0 saturated carbocycles. The summed E-state index contributed by atoms with van der Waals surface area (Å²) >= 11 is 0. The largest absolute Gasteiger partial charge is 0.348 e. The average molecular weight is 360 g/mol. The van der Waals surface area contributed by atoms with Gasteiger partial charge in [0.25, 0.3) is 5.91 Å². The van der Waals surface area contributed by atoms with Crippen LogP contribution in [0.4, 0.5) is 8.78 Å². The van der Waals surface area contributed by atoms with Crippen LogP contribution in [0.15, 0.2) is 48.5 Å². The van der Waals surface area contributed by atoms with E-state index in [-0.39, 0.29) is 29.2 Å². The SMILES string of the molecule is CC(C)[C@H](NC(=O)c1ccc(F)cc1)C(=O)N[C@@H](C)c1ccc(F)cc1. The lowest BCUT2D eigenvalue weighted by Gasteiger charge is -2.24. The first kappa shape index (κ1) is 19.6. The zero-order valence-corrected chi connectivity index (χ0v) is 14.9. The molecule has 2 aromatic carbocycles. The third kappa shape index (κ3) is 5.12. The van der Waals surface area contributed by atoms with Gasteiger partial charge in [0.15, 0.2) is 0 Å². The normalized spacial score (nSPS) is 13.2. The maximum atomic E-state index is 13.0. The molecule has 6 heteroatoms. The minimum absolute atomic E-state index is 0.153. The predicted octanol–water partition coefficient (Wildman–Crippen LogP) is 3.60. The van der Waals surface area contributed by atoms with E-state index in [4.69, 9.17) is 0 Å². The summed E-state index contributed by atoms with van der Waals surface area (Å²) in [6.45, 7) is 5.42. The van der Waals surface area contributed by atoms with Crippen molar-refractivity contribution in [1.82, 2.24) is 10.6 Å². The van der Waals surface area contributed by atoms with Gasteiger partial charge in [0.1, 0.15) is 17.7 Å². The van der Waals surface area contributed by atoms with E-state index < -0.39 is 17.8 Å². The second-order valence-electron chi connectivity index (χ2n) is 6.48. The van der Waals surface area contributed by atoms with Gasteiger partial charge in [-0.05, 0) is 54.8 Å². The van der Waals surface area contributed by atoms with Gasteiger partial charge in [-0.3, -0.25) is 9.59 Å². The second kappa shape index (κ2) is 8.56. The first-order valence-corrected chi connectivity index (χ1v) is 8.40. The molecule has 0 radical (unpaired) electrons. The lowest BCUT2D eigenvalue weighted by atomic mass is 10.0. The van der Waals surface area contributed by atoms with Crippen LogP contribution in [0.3, 0.4) is 0 Å². The monoisotopic (exact) mass is 360 g/mol. The molecule has 2 atom stereocenters. The van der Waals surface area contributed by atoms with E-state index in [0.29, 0.717) is 0 Å². The molecule has 0 spiro atoms.